The molecule has 20 heavy (non-hydrogen) atoms. The van der Waals surface area contributed by atoms with Crippen LogP contribution in [0, 0.1) is 0 Å². The number of hydrogen-bond acceptors (Lipinski definition) is 1. The van der Waals surface area contributed by atoms with E-state index in [4.69, 9.17) is 0 Å². The molecule has 0 radical (unpaired) electrons. The lowest BCUT2D eigenvalue weighted by Crippen LogP contribution is -1.94. The van der Waals surface area contributed by atoms with Crippen LogP contribution >= 0.6 is 0 Å². The predicted octanol–water partition coefficient (Wildman–Crippen LogP) is 4.71. The molecule has 0 fully saturated rings. The Morgan fingerprint density at radius 1 is 0.850 bits per heavy atom. The van der Waals surface area contributed by atoms with Gasteiger partial charge in [-0.05, 0) is 35.6 Å². The van der Waals surface area contributed by atoms with Crippen molar-refractivity contribution >= 4 is 11.9 Å². The molecular formula is C19H20O. The maximum atomic E-state index is 12.1. The number of hydrogen-bond donors (Lipinski definition) is 0. The summed E-state index contributed by atoms with van der Waals surface area (Å²) in [6, 6.07) is 16.1. The molecule has 1 nitrogen and oxygen atoms in total. The number of allylic oxidation sites excluding steroid dienone is 1. The molecule has 0 amide bonds. The summed E-state index contributed by atoms with van der Waals surface area (Å²) in [7, 11) is 0. The van der Waals surface area contributed by atoms with Gasteiger partial charge < -0.3 is 0 Å². The van der Waals surface area contributed by atoms with Gasteiger partial charge in [0.05, 0.1) is 0 Å². The van der Waals surface area contributed by atoms with Crippen molar-refractivity contribution in [3.05, 3.63) is 76.9 Å². The summed E-state index contributed by atoms with van der Waals surface area (Å²) in [6.45, 7) is 4.24. The van der Waals surface area contributed by atoms with Crippen LogP contribution in [-0.2, 0) is 12.8 Å². The van der Waals surface area contributed by atoms with Gasteiger partial charge in [-0.25, -0.2) is 0 Å². The fraction of sp³-hybridized carbons (Fsp3) is 0.211. The third-order valence-electron chi connectivity index (χ3n) is 3.46. The molecule has 2 rings (SSSR count). The minimum absolute atomic E-state index is 0.0484. The van der Waals surface area contributed by atoms with Gasteiger partial charge in [0.15, 0.2) is 5.78 Å². The van der Waals surface area contributed by atoms with E-state index >= 15 is 0 Å². The second-order valence-corrected chi connectivity index (χ2v) is 4.84. The topological polar surface area (TPSA) is 17.1 Å². The van der Waals surface area contributed by atoms with Crippen LogP contribution < -0.4 is 0 Å². The van der Waals surface area contributed by atoms with Gasteiger partial charge in [0.2, 0.25) is 0 Å². The third kappa shape index (κ3) is 3.67. The second kappa shape index (κ2) is 6.85. The number of aryl methyl sites for hydroxylation is 2. The molecule has 0 spiro atoms. The van der Waals surface area contributed by atoms with E-state index in [-0.39, 0.29) is 5.78 Å². The predicted molar refractivity (Wildman–Crippen MR) is 85.0 cm³/mol. The van der Waals surface area contributed by atoms with Crippen LogP contribution in [0.2, 0.25) is 0 Å². The summed E-state index contributed by atoms with van der Waals surface area (Å²) in [4.78, 5) is 12.1. The fourth-order valence-electron chi connectivity index (χ4n) is 2.04. The molecule has 1 heteroatoms. The molecule has 0 unspecified atom stereocenters. The number of rotatable bonds is 5. The largest absolute Gasteiger partial charge is 0.289 e. The molecule has 0 bridgehead atoms. The molecule has 0 atom stereocenters. The zero-order chi connectivity index (χ0) is 14.4. The van der Waals surface area contributed by atoms with E-state index in [1.54, 1.807) is 6.08 Å². The van der Waals surface area contributed by atoms with Crippen molar-refractivity contribution in [1.82, 2.24) is 0 Å². The minimum atomic E-state index is 0.0484. The van der Waals surface area contributed by atoms with E-state index in [9.17, 15) is 4.79 Å². The standard InChI is InChI=1S/C19H20O/c1-3-15-5-7-17(8-6-15)11-14-19(20)18-12-9-16(4-2)10-13-18/h5-14H,3-4H2,1-2H3. The first kappa shape index (κ1) is 14.3. The zero-order valence-electron chi connectivity index (χ0n) is 12.1. The van der Waals surface area contributed by atoms with Gasteiger partial charge in [0, 0.05) is 5.56 Å². The smallest absolute Gasteiger partial charge is 0.185 e. The van der Waals surface area contributed by atoms with E-state index in [0.29, 0.717) is 0 Å². The van der Waals surface area contributed by atoms with Crippen LogP contribution in [0.4, 0.5) is 0 Å². The summed E-state index contributed by atoms with van der Waals surface area (Å²) in [6.07, 6.45) is 5.54. The molecule has 0 heterocycles. The van der Waals surface area contributed by atoms with Gasteiger partial charge in [-0.15, -0.1) is 0 Å². The van der Waals surface area contributed by atoms with Crippen LogP contribution in [0.3, 0.4) is 0 Å². The van der Waals surface area contributed by atoms with Crippen LogP contribution in [0.5, 0.6) is 0 Å². The van der Waals surface area contributed by atoms with Crippen molar-refractivity contribution in [1.29, 1.82) is 0 Å². The Kier molecular flexibility index (Phi) is 4.89. The number of benzene rings is 2. The lowest BCUT2D eigenvalue weighted by atomic mass is 10.1. The van der Waals surface area contributed by atoms with Gasteiger partial charge in [-0.1, -0.05) is 68.5 Å². The molecule has 0 aliphatic carbocycles. The molecule has 0 aliphatic rings. The van der Waals surface area contributed by atoms with Gasteiger partial charge >= 0.3 is 0 Å². The molecule has 0 saturated carbocycles. The molecule has 0 saturated heterocycles. The van der Waals surface area contributed by atoms with Crippen molar-refractivity contribution in [2.24, 2.45) is 0 Å². The first-order valence-electron chi connectivity index (χ1n) is 7.13. The van der Waals surface area contributed by atoms with Gasteiger partial charge in [0.25, 0.3) is 0 Å². The maximum absolute atomic E-state index is 12.1. The minimum Gasteiger partial charge on any atom is -0.289 e. The third-order valence-corrected chi connectivity index (χ3v) is 3.46. The lowest BCUT2D eigenvalue weighted by Gasteiger charge is -1.99. The molecule has 102 valence electrons. The van der Waals surface area contributed by atoms with Crippen molar-refractivity contribution in [2.75, 3.05) is 0 Å². The van der Waals surface area contributed by atoms with Gasteiger partial charge in [0.1, 0.15) is 0 Å². The van der Waals surface area contributed by atoms with E-state index in [1.807, 2.05) is 42.5 Å². The van der Waals surface area contributed by atoms with Gasteiger partial charge in [-0.3, -0.25) is 4.79 Å². The van der Waals surface area contributed by atoms with Crippen LogP contribution in [0.1, 0.15) is 40.9 Å². The summed E-state index contributed by atoms with van der Waals surface area (Å²) < 4.78 is 0. The average Bonchev–Trinajstić information content (AvgIpc) is 2.53. The normalized spacial score (nSPS) is 10.9. The summed E-state index contributed by atoms with van der Waals surface area (Å²) in [5.74, 6) is 0.0484. The highest BCUT2D eigenvalue weighted by Gasteiger charge is 2.01. The first-order valence-corrected chi connectivity index (χ1v) is 7.13. The molecule has 2 aromatic carbocycles. The summed E-state index contributed by atoms with van der Waals surface area (Å²) >= 11 is 0. The lowest BCUT2D eigenvalue weighted by molar-refractivity contribution is 0.104. The van der Waals surface area contributed by atoms with Gasteiger partial charge in [-0.2, -0.15) is 0 Å². The molecule has 2 aromatic rings. The molecule has 0 aromatic heterocycles. The maximum Gasteiger partial charge on any atom is 0.185 e. The van der Waals surface area contributed by atoms with Crippen LogP contribution in [0.25, 0.3) is 6.08 Å². The SMILES string of the molecule is CCc1ccc(C=CC(=O)c2ccc(CC)cc2)cc1. The average molecular weight is 264 g/mol. The highest BCUT2D eigenvalue weighted by Crippen LogP contribution is 2.10. The first-order chi connectivity index (χ1) is 9.72. The van der Waals surface area contributed by atoms with Crippen LogP contribution in [-0.4, -0.2) is 5.78 Å². The second-order valence-electron chi connectivity index (χ2n) is 4.84. The van der Waals surface area contributed by atoms with E-state index in [0.717, 1.165) is 24.0 Å². The van der Waals surface area contributed by atoms with Crippen molar-refractivity contribution < 1.29 is 4.79 Å². The highest BCUT2D eigenvalue weighted by atomic mass is 16.1. The van der Waals surface area contributed by atoms with Crippen molar-refractivity contribution in [3.63, 3.8) is 0 Å². The number of carbonyl (C=O) groups excluding carboxylic acids is 1. The molecule has 0 N–H and O–H groups in total. The Hall–Kier alpha value is -2.15. The Labute approximate surface area is 121 Å². The van der Waals surface area contributed by atoms with E-state index in [2.05, 4.69) is 26.0 Å². The van der Waals surface area contributed by atoms with E-state index < -0.39 is 0 Å². The highest BCUT2D eigenvalue weighted by molar-refractivity contribution is 6.06. The number of ketones is 1. The number of carbonyl (C=O) groups is 1. The zero-order valence-corrected chi connectivity index (χ0v) is 12.1. The van der Waals surface area contributed by atoms with Crippen molar-refractivity contribution in [3.8, 4) is 0 Å². The Bertz CT molecular complexity index is 589. The Morgan fingerprint density at radius 2 is 1.35 bits per heavy atom. The summed E-state index contributed by atoms with van der Waals surface area (Å²) in [5.41, 5.74) is 4.36. The monoisotopic (exact) mass is 264 g/mol. The van der Waals surface area contributed by atoms with Crippen molar-refractivity contribution in [2.45, 2.75) is 26.7 Å². The molecular weight excluding hydrogens is 244 g/mol. The molecule has 0 aliphatic heterocycles. The Balaban J connectivity index is 2.07. The quantitative estimate of drug-likeness (QED) is 0.564. The summed E-state index contributed by atoms with van der Waals surface area (Å²) in [5, 5.41) is 0. The van der Waals surface area contributed by atoms with E-state index in [1.165, 1.54) is 11.1 Å². The fourth-order valence-corrected chi connectivity index (χ4v) is 2.04. The van der Waals surface area contributed by atoms with Crippen LogP contribution in [0.15, 0.2) is 54.6 Å². The Morgan fingerprint density at radius 3 is 1.85 bits per heavy atom.